The Morgan fingerprint density at radius 1 is 1.03 bits per heavy atom. The predicted octanol–water partition coefficient (Wildman–Crippen LogP) is 3.69. The van der Waals surface area contributed by atoms with E-state index in [0.717, 1.165) is 16.9 Å². The third-order valence-corrected chi connectivity index (χ3v) is 4.46. The molecule has 146 valence electrons. The van der Waals surface area contributed by atoms with E-state index in [1.54, 1.807) is 15.6 Å². The van der Waals surface area contributed by atoms with E-state index >= 15 is 0 Å². The molecule has 2 heterocycles. The highest BCUT2D eigenvalue weighted by Gasteiger charge is 2.20. The molecule has 0 bridgehead atoms. The number of carbonyl (C=O) groups is 1. The molecular weight excluding hydrogens is 366 g/mol. The Labute approximate surface area is 168 Å². The largest absolute Gasteiger partial charge is 0.493 e. The Bertz CT molecular complexity index is 1120. The summed E-state index contributed by atoms with van der Waals surface area (Å²) < 4.78 is 8.76. The van der Waals surface area contributed by atoms with Crippen molar-refractivity contribution in [3.05, 3.63) is 89.9 Å². The maximum absolute atomic E-state index is 12.9. The molecule has 29 heavy (non-hydrogen) atoms. The molecule has 1 N–H and O–H groups in total. The highest BCUT2D eigenvalue weighted by Crippen LogP contribution is 2.21. The SMILES string of the molecule is COc1cn(-c2ccccc2)nc1C(=O)Nc1cc(C)nn1Cc1ccccc1. The summed E-state index contributed by atoms with van der Waals surface area (Å²) in [7, 11) is 1.52. The zero-order chi connectivity index (χ0) is 20.2. The number of anilines is 1. The number of carbonyl (C=O) groups excluding carboxylic acids is 1. The van der Waals surface area contributed by atoms with Gasteiger partial charge in [-0.15, -0.1) is 0 Å². The lowest BCUT2D eigenvalue weighted by Gasteiger charge is -2.09. The van der Waals surface area contributed by atoms with E-state index in [4.69, 9.17) is 4.74 Å². The average Bonchev–Trinajstić information content (AvgIpc) is 3.33. The van der Waals surface area contributed by atoms with Crippen molar-refractivity contribution in [3.8, 4) is 11.4 Å². The van der Waals surface area contributed by atoms with Crippen LogP contribution in [0, 0.1) is 6.92 Å². The van der Waals surface area contributed by atoms with Crippen LogP contribution in [0.25, 0.3) is 5.69 Å². The van der Waals surface area contributed by atoms with E-state index in [2.05, 4.69) is 15.5 Å². The van der Waals surface area contributed by atoms with Crippen LogP contribution in [-0.2, 0) is 6.54 Å². The second kappa shape index (κ2) is 8.02. The second-order valence-corrected chi connectivity index (χ2v) is 6.59. The fourth-order valence-electron chi connectivity index (χ4n) is 3.08. The van der Waals surface area contributed by atoms with Crippen LogP contribution in [0.2, 0.25) is 0 Å². The van der Waals surface area contributed by atoms with E-state index in [1.807, 2.05) is 73.7 Å². The summed E-state index contributed by atoms with van der Waals surface area (Å²) >= 11 is 0. The van der Waals surface area contributed by atoms with Gasteiger partial charge in [0.05, 0.1) is 31.2 Å². The van der Waals surface area contributed by atoms with Crippen LogP contribution in [0.3, 0.4) is 0 Å². The summed E-state index contributed by atoms with van der Waals surface area (Å²) in [5.41, 5.74) is 2.96. The lowest BCUT2D eigenvalue weighted by molar-refractivity contribution is 0.101. The minimum atomic E-state index is -0.356. The lowest BCUT2D eigenvalue weighted by Crippen LogP contribution is -2.17. The molecule has 2 aromatic carbocycles. The maximum atomic E-state index is 12.9. The second-order valence-electron chi connectivity index (χ2n) is 6.59. The first-order chi connectivity index (χ1) is 14.1. The minimum Gasteiger partial charge on any atom is -0.493 e. The van der Waals surface area contributed by atoms with E-state index in [1.165, 1.54) is 7.11 Å². The molecule has 0 aliphatic heterocycles. The van der Waals surface area contributed by atoms with Crippen molar-refractivity contribution in [1.29, 1.82) is 0 Å². The molecule has 2 aromatic heterocycles. The summed E-state index contributed by atoms with van der Waals surface area (Å²) in [6.07, 6.45) is 1.69. The number of methoxy groups -OCH3 is 1. The Morgan fingerprint density at radius 2 is 1.72 bits per heavy atom. The molecule has 0 spiro atoms. The first-order valence-electron chi connectivity index (χ1n) is 9.23. The van der Waals surface area contributed by atoms with Gasteiger partial charge in [-0.2, -0.15) is 10.2 Å². The normalized spacial score (nSPS) is 10.7. The lowest BCUT2D eigenvalue weighted by atomic mass is 10.2. The molecule has 0 aliphatic carbocycles. The van der Waals surface area contributed by atoms with Crippen molar-refractivity contribution in [3.63, 3.8) is 0 Å². The molecule has 1 amide bonds. The van der Waals surface area contributed by atoms with Gasteiger partial charge in [-0.1, -0.05) is 48.5 Å². The minimum absolute atomic E-state index is 0.210. The van der Waals surface area contributed by atoms with Gasteiger partial charge >= 0.3 is 0 Å². The number of rotatable bonds is 6. The van der Waals surface area contributed by atoms with Crippen LogP contribution in [0.5, 0.6) is 5.75 Å². The zero-order valence-corrected chi connectivity index (χ0v) is 16.2. The van der Waals surface area contributed by atoms with Gasteiger partial charge in [0.1, 0.15) is 5.82 Å². The molecule has 0 fully saturated rings. The van der Waals surface area contributed by atoms with E-state index in [-0.39, 0.29) is 11.6 Å². The number of amides is 1. The number of hydrogen-bond donors (Lipinski definition) is 1. The Kier molecular flexibility index (Phi) is 5.11. The first kappa shape index (κ1) is 18.5. The number of aryl methyl sites for hydroxylation is 1. The van der Waals surface area contributed by atoms with Crippen molar-refractivity contribution in [2.75, 3.05) is 12.4 Å². The topological polar surface area (TPSA) is 74.0 Å². The fourth-order valence-corrected chi connectivity index (χ4v) is 3.08. The molecular formula is C22H21N5O2. The van der Waals surface area contributed by atoms with E-state index in [0.29, 0.717) is 18.1 Å². The average molecular weight is 387 g/mol. The van der Waals surface area contributed by atoms with Gasteiger partial charge in [0, 0.05) is 6.07 Å². The summed E-state index contributed by atoms with van der Waals surface area (Å²) in [5, 5.41) is 11.8. The summed E-state index contributed by atoms with van der Waals surface area (Å²) in [6.45, 7) is 2.45. The van der Waals surface area contributed by atoms with Crippen molar-refractivity contribution < 1.29 is 9.53 Å². The van der Waals surface area contributed by atoms with Crippen LogP contribution in [0.1, 0.15) is 21.7 Å². The Morgan fingerprint density at radius 3 is 2.41 bits per heavy atom. The molecule has 0 saturated heterocycles. The van der Waals surface area contributed by atoms with Gasteiger partial charge in [0.25, 0.3) is 5.91 Å². The van der Waals surface area contributed by atoms with Crippen LogP contribution in [-0.4, -0.2) is 32.6 Å². The highest BCUT2D eigenvalue weighted by molar-refractivity contribution is 6.04. The monoisotopic (exact) mass is 387 g/mol. The van der Waals surface area contributed by atoms with E-state index in [9.17, 15) is 4.79 Å². The third kappa shape index (κ3) is 4.03. The van der Waals surface area contributed by atoms with E-state index < -0.39 is 0 Å². The molecule has 0 aliphatic rings. The summed E-state index contributed by atoms with van der Waals surface area (Å²) in [4.78, 5) is 12.9. The molecule has 4 rings (SSSR count). The number of nitrogens with one attached hydrogen (secondary N) is 1. The van der Waals surface area contributed by atoms with Crippen molar-refractivity contribution in [2.45, 2.75) is 13.5 Å². The number of para-hydroxylation sites is 1. The third-order valence-electron chi connectivity index (χ3n) is 4.46. The van der Waals surface area contributed by atoms with Crippen molar-refractivity contribution in [1.82, 2.24) is 19.6 Å². The van der Waals surface area contributed by atoms with Gasteiger partial charge in [0.2, 0.25) is 0 Å². The molecule has 0 unspecified atom stereocenters. The van der Waals surface area contributed by atoms with Gasteiger partial charge in [-0.25, -0.2) is 9.36 Å². The smallest absolute Gasteiger partial charge is 0.281 e. The number of hydrogen-bond acceptors (Lipinski definition) is 4. The number of benzene rings is 2. The number of ether oxygens (including phenoxy) is 1. The Hall–Kier alpha value is -3.87. The molecule has 0 saturated carbocycles. The van der Waals surface area contributed by atoms with Crippen LogP contribution in [0.15, 0.2) is 72.9 Å². The van der Waals surface area contributed by atoms with Crippen LogP contribution < -0.4 is 10.1 Å². The van der Waals surface area contributed by atoms with Gasteiger partial charge in [-0.3, -0.25) is 4.79 Å². The standard InChI is InChI=1S/C22H21N5O2/c1-16-13-20(27(24-16)14-17-9-5-3-6-10-17)23-22(28)21-19(29-2)15-26(25-21)18-11-7-4-8-12-18/h3-13,15H,14H2,1-2H3,(H,23,28). The van der Waals surface area contributed by atoms with Crippen LogP contribution >= 0.6 is 0 Å². The van der Waals surface area contributed by atoms with Gasteiger partial charge < -0.3 is 10.1 Å². The van der Waals surface area contributed by atoms with Gasteiger partial charge in [0.15, 0.2) is 11.4 Å². The highest BCUT2D eigenvalue weighted by atomic mass is 16.5. The van der Waals surface area contributed by atoms with Crippen molar-refractivity contribution >= 4 is 11.7 Å². The molecule has 7 heteroatoms. The number of nitrogens with zero attached hydrogens (tertiary/aromatic N) is 4. The fraction of sp³-hybridized carbons (Fsp3) is 0.136. The van der Waals surface area contributed by atoms with Gasteiger partial charge in [-0.05, 0) is 24.6 Å². The maximum Gasteiger partial charge on any atom is 0.281 e. The van der Waals surface area contributed by atoms with Crippen LogP contribution in [0.4, 0.5) is 5.82 Å². The number of aromatic nitrogens is 4. The molecule has 0 radical (unpaired) electrons. The predicted molar refractivity (Wildman–Crippen MR) is 111 cm³/mol. The van der Waals surface area contributed by atoms with Crippen molar-refractivity contribution in [2.24, 2.45) is 0 Å². The first-order valence-corrected chi connectivity index (χ1v) is 9.23. The Balaban J connectivity index is 1.60. The zero-order valence-electron chi connectivity index (χ0n) is 16.2. The summed E-state index contributed by atoms with van der Waals surface area (Å²) in [6, 6.07) is 21.4. The molecule has 7 nitrogen and oxygen atoms in total. The summed E-state index contributed by atoms with van der Waals surface area (Å²) in [5.74, 6) is 0.649. The quantitative estimate of drug-likeness (QED) is 0.548. The molecule has 0 atom stereocenters. The molecule has 4 aromatic rings.